The molecule has 18 heavy (non-hydrogen) atoms. The summed E-state index contributed by atoms with van der Waals surface area (Å²) in [6, 6.07) is 1.58. The molecule has 0 aliphatic heterocycles. The zero-order valence-electron chi connectivity index (χ0n) is 9.83. The molecule has 98 valence electrons. The number of aromatic nitrogens is 2. The molecule has 2 rings (SSSR count). The first-order valence-electron chi connectivity index (χ1n) is 5.38. The molecule has 0 aromatic carbocycles. The number of sulfonamides is 1. The van der Waals surface area contributed by atoms with Crippen LogP contribution in [0.2, 0.25) is 0 Å². The molecule has 2 aromatic rings. The summed E-state index contributed by atoms with van der Waals surface area (Å²) in [5.74, 6) is 0. The summed E-state index contributed by atoms with van der Waals surface area (Å²) in [5.41, 5.74) is 6.73. The van der Waals surface area contributed by atoms with E-state index >= 15 is 0 Å². The normalized spacial score (nSPS) is 11.7. The van der Waals surface area contributed by atoms with Crippen molar-refractivity contribution in [1.82, 2.24) is 9.78 Å². The molecule has 6 nitrogen and oxygen atoms in total. The number of nitrogens with one attached hydrogen (secondary N) is 1. The first kappa shape index (κ1) is 13.1. The van der Waals surface area contributed by atoms with E-state index < -0.39 is 10.0 Å². The maximum atomic E-state index is 12.0. The lowest BCUT2D eigenvalue weighted by molar-refractivity contribution is 0.603. The van der Waals surface area contributed by atoms with E-state index in [0.29, 0.717) is 18.8 Å². The third-order valence-corrected chi connectivity index (χ3v) is 5.21. The standard InChI is InChI=1S/C10H14N4O2S2/c1-2-14-6-9(5-12-14)13-18(15,16)10-3-8(4-11)7-17-10/h3,5-7,13H,2,4,11H2,1H3. The molecular formula is C10H14N4O2S2. The highest BCUT2D eigenvalue weighted by atomic mass is 32.2. The molecule has 0 unspecified atom stereocenters. The van der Waals surface area contributed by atoms with Gasteiger partial charge in [0.05, 0.1) is 11.9 Å². The summed E-state index contributed by atoms with van der Waals surface area (Å²) in [6.07, 6.45) is 3.13. The predicted molar refractivity (Wildman–Crippen MR) is 70.9 cm³/mol. The summed E-state index contributed by atoms with van der Waals surface area (Å²) >= 11 is 1.16. The van der Waals surface area contributed by atoms with E-state index in [9.17, 15) is 8.42 Å². The Morgan fingerprint density at radius 3 is 2.89 bits per heavy atom. The van der Waals surface area contributed by atoms with E-state index in [0.717, 1.165) is 16.9 Å². The van der Waals surface area contributed by atoms with Gasteiger partial charge in [-0.05, 0) is 23.9 Å². The van der Waals surface area contributed by atoms with Crippen LogP contribution in [0.1, 0.15) is 12.5 Å². The first-order chi connectivity index (χ1) is 8.55. The van der Waals surface area contributed by atoms with E-state index in [-0.39, 0.29) is 4.21 Å². The van der Waals surface area contributed by atoms with Crippen LogP contribution in [0.3, 0.4) is 0 Å². The molecule has 2 aromatic heterocycles. The molecule has 0 saturated carbocycles. The summed E-state index contributed by atoms with van der Waals surface area (Å²) < 4.78 is 28.5. The molecule has 0 radical (unpaired) electrons. The first-order valence-corrected chi connectivity index (χ1v) is 7.74. The molecule has 0 bridgehead atoms. The van der Waals surface area contributed by atoms with Crippen LogP contribution in [-0.2, 0) is 23.1 Å². The zero-order valence-corrected chi connectivity index (χ0v) is 11.5. The van der Waals surface area contributed by atoms with Crippen molar-refractivity contribution in [3.05, 3.63) is 29.4 Å². The summed E-state index contributed by atoms with van der Waals surface area (Å²) in [6.45, 7) is 2.95. The minimum atomic E-state index is -3.54. The quantitative estimate of drug-likeness (QED) is 0.865. The molecule has 0 aliphatic carbocycles. The highest BCUT2D eigenvalue weighted by Crippen LogP contribution is 2.22. The Bertz CT molecular complexity index is 630. The van der Waals surface area contributed by atoms with Gasteiger partial charge in [-0.1, -0.05) is 0 Å². The molecule has 0 saturated heterocycles. The average molecular weight is 286 g/mol. The van der Waals surface area contributed by atoms with Gasteiger partial charge in [-0.2, -0.15) is 5.10 Å². The third kappa shape index (κ3) is 2.71. The second-order valence-corrected chi connectivity index (χ2v) is 6.49. The minimum absolute atomic E-state index is 0.257. The van der Waals surface area contributed by atoms with Gasteiger partial charge in [0.1, 0.15) is 4.21 Å². The van der Waals surface area contributed by atoms with Crippen molar-refractivity contribution in [3.8, 4) is 0 Å². The van der Waals surface area contributed by atoms with Crippen LogP contribution in [0.25, 0.3) is 0 Å². The van der Waals surface area contributed by atoms with E-state index in [4.69, 9.17) is 5.73 Å². The second kappa shape index (κ2) is 5.09. The van der Waals surface area contributed by atoms with Crippen molar-refractivity contribution >= 4 is 27.0 Å². The Labute approximate surface area is 109 Å². The Kier molecular flexibility index (Phi) is 3.69. The van der Waals surface area contributed by atoms with Gasteiger partial charge in [-0.15, -0.1) is 11.3 Å². The smallest absolute Gasteiger partial charge is 0.271 e. The van der Waals surface area contributed by atoms with Crippen molar-refractivity contribution in [3.63, 3.8) is 0 Å². The number of nitrogens with two attached hydrogens (primary N) is 1. The number of hydrogen-bond donors (Lipinski definition) is 2. The SMILES string of the molecule is CCn1cc(NS(=O)(=O)c2cc(CN)cs2)cn1. The van der Waals surface area contributed by atoms with Crippen molar-refractivity contribution in [1.29, 1.82) is 0 Å². The van der Waals surface area contributed by atoms with E-state index in [1.54, 1.807) is 22.3 Å². The lowest BCUT2D eigenvalue weighted by Gasteiger charge is -2.02. The van der Waals surface area contributed by atoms with E-state index in [2.05, 4.69) is 9.82 Å². The maximum Gasteiger partial charge on any atom is 0.271 e. The Morgan fingerprint density at radius 2 is 2.33 bits per heavy atom. The summed E-state index contributed by atoms with van der Waals surface area (Å²) in [7, 11) is -3.54. The van der Waals surface area contributed by atoms with Crippen LogP contribution in [0.5, 0.6) is 0 Å². The van der Waals surface area contributed by atoms with Crippen LogP contribution >= 0.6 is 11.3 Å². The minimum Gasteiger partial charge on any atom is -0.326 e. The molecular weight excluding hydrogens is 272 g/mol. The molecule has 0 aliphatic rings. The molecule has 8 heteroatoms. The van der Waals surface area contributed by atoms with Gasteiger partial charge in [-0.3, -0.25) is 9.40 Å². The van der Waals surface area contributed by atoms with Crippen LogP contribution < -0.4 is 10.5 Å². The van der Waals surface area contributed by atoms with Crippen molar-refractivity contribution in [2.75, 3.05) is 4.72 Å². The molecule has 0 atom stereocenters. The van der Waals surface area contributed by atoms with E-state index in [1.165, 1.54) is 6.20 Å². The fourth-order valence-electron chi connectivity index (χ4n) is 1.40. The number of nitrogens with zero attached hydrogens (tertiary/aromatic N) is 2. The van der Waals surface area contributed by atoms with Crippen molar-refractivity contribution in [2.24, 2.45) is 5.73 Å². The van der Waals surface area contributed by atoms with Gasteiger partial charge in [-0.25, -0.2) is 8.42 Å². The van der Waals surface area contributed by atoms with Gasteiger partial charge in [0, 0.05) is 19.3 Å². The molecule has 3 N–H and O–H groups in total. The van der Waals surface area contributed by atoms with Crippen LogP contribution in [-0.4, -0.2) is 18.2 Å². The molecule has 2 heterocycles. The molecule has 0 amide bonds. The number of aryl methyl sites for hydroxylation is 1. The fraction of sp³-hybridized carbons (Fsp3) is 0.300. The third-order valence-electron chi connectivity index (χ3n) is 2.34. The second-order valence-electron chi connectivity index (χ2n) is 3.67. The lowest BCUT2D eigenvalue weighted by atomic mass is 10.4. The summed E-state index contributed by atoms with van der Waals surface area (Å²) in [4.78, 5) is 0. The number of rotatable bonds is 5. The van der Waals surface area contributed by atoms with Crippen LogP contribution in [0.4, 0.5) is 5.69 Å². The number of hydrogen-bond acceptors (Lipinski definition) is 5. The average Bonchev–Trinajstić information content (AvgIpc) is 2.96. The monoisotopic (exact) mass is 286 g/mol. The highest BCUT2D eigenvalue weighted by molar-refractivity contribution is 7.94. The maximum absolute atomic E-state index is 12.0. The molecule has 0 fully saturated rings. The summed E-state index contributed by atoms with van der Waals surface area (Å²) in [5, 5.41) is 5.75. The zero-order chi connectivity index (χ0) is 13.2. The topological polar surface area (TPSA) is 90.0 Å². The lowest BCUT2D eigenvalue weighted by Crippen LogP contribution is -2.11. The van der Waals surface area contributed by atoms with Gasteiger partial charge in [0.15, 0.2) is 0 Å². The van der Waals surface area contributed by atoms with Crippen molar-refractivity contribution in [2.45, 2.75) is 24.2 Å². The Hall–Kier alpha value is -1.38. The predicted octanol–water partition coefficient (Wildman–Crippen LogP) is 1.22. The van der Waals surface area contributed by atoms with E-state index in [1.807, 2.05) is 6.92 Å². The Morgan fingerprint density at radius 1 is 1.56 bits per heavy atom. The largest absolute Gasteiger partial charge is 0.326 e. The number of anilines is 1. The number of thiophene rings is 1. The van der Waals surface area contributed by atoms with Crippen LogP contribution in [0, 0.1) is 0 Å². The van der Waals surface area contributed by atoms with Crippen LogP contribution in [0.15, 0.2) is 28.0 Å². The van der Waals surface area contributed by atoms with Gasteiger partial charge < -0.3 is 5.73 Å². The van der Waals surface area contributed by atoms with Gasteiger partial charge in [0.25, 0.3) is 10.0 Å². The molecule has 0 spiro atoms. The van der Waals surface area contributed by atoms with Crippen molar-refractivity contribution < 1.29 is 8.42 Å². The fourth-order valence-corrected chi connectivity index (χ4v) is 3.65. The highest BCUT2D eigenvalue weighted by Gasteiger charge is 2.17. The van der Waals surface area contributed by atoms with Gasteiger partial charge in [0.2, 0.25) is 0 Å². The Balaban J connectivity index is 2.21. The van der Waals surface area contributed by atoms with Gasteiger partial charge >= 0.3 is 0 Å².